The molecule has 1 aromatic carbocycles. The molecular formula is C16H19N3O. The van der Waals surface area contributed by atoms with Crippen molar-refractivity contribution in [2.75, 3.05) is 33.2 Å². The van der Waals surface area contributed by atoms with Crippen LogP contribution in [0.15, 0.2) is 29.8 Å². The second-order valence-corrected chi connectivity index (χ2v) is 5.18. The van der Waals surface area contributed by atoms with Gasteiger partial charge in [-0.3, -0.25) is 4.79 Å². The van der Waals surface area contributed by atoms with Gasteiger partial charge in [-0.1, -0.05) is 29.8 Å². The van der Waals surface area contributed by atoms with E-state index in [0.29, 0.717) is 13.1 Å². The summed E-state index contributed by atoms with van der Waals surface area (Å²) in [6.07, 6.45) is 1.67. The molecule has 4 nitrogen and oxygen atoms in total. The predicted octanol–water partition coefficient (Wildman–Crippen LogP) is 1.68. The van der Waals surface area contributed by atoms with Crippen molar-refractivity contribution in [1.82, 2.24) is 9.80 Å². The van der Waals surface area contributed by atoms with E-state index in [0.717, 1.165) is 24.2 Å². The molecule has 0 bridgehead atoms. The number of aryl methyl sites for hydroxylation is 1. The summed E-state index contributed by atoms with van der Waals surface area (Å²) in [7, 11) is 2.04. The van der Waals surface area contributed by atoms with E-state index in [2.05, 4.69) is 4.90 Å². The van der Waals surface area contributed by atoms with Gasteiger partial charge in [-0.2, -0.15) is 5.26 Å². The molecule has 0 aliphatic carbocycles. The Morgan fingerprint density at radius 2 is 1.80 bits per heavy atom. The van der Waals surface area contributed by atoms with Gasteiger partial charge >= 0.3 is 0 Å². The van der Waals surface area contributed by atoms with Crippen LogP contribution in [0.3, 0.4) is 0 Å². The fourth-order valence-electron chi connectivity index (χ4n) is 2.15. The predicted molar refractivity (Wildman–Crippen MR) is 78.8 cm³/mol. The molecule has 0 saturated carbocycles. The van der Waals surface area contributed by atoms with E-state index in [-0.39, 0.29) is 11.5 Å². The topological polar surface area (TPSA) is 47.3 Å². The number of benzene rings is 1. The third-order valence-electron chi connectivity index (χ3n) is 3.53. The maximum absolute atomic E-state index is 12.3. The molecule has 0 N–H and O–H groups in total. The van der Waals surface area contributed by atoms with E-state index in [1.807, 2.05) is 44.3 Å². The van der Waals surface area contributed by atoms with Crippen molar-refractivity contribution >= 4 is 12.0 Å². The molecule has 20 heavy (non-hydrogen) atoms. The highest BCUT2D eigenvalue weighted by molar-refractivity contribution is 6.01. The molecule has 1 aromatic rings. The number of nitrogens with zero attached hydrogens (tertiary/aromatic N) is 3. The molecule has 0 unspecified atom stereocenters. The number of nitriles is 1. The fourth-order valence-corrected chi connectivity index (χ4v) is 2.15. The molecule has 0 atom stereocenters. The fraction of sp³-hybridized carbons (Fsp3) is 0.375. The Bertz CT molecular complexity index is 546. The number of amides is 1. The number of likely N-dealkylation sites (N-methyl/N-ethyl adjacent to an activating group) is 1. The molecule has 1 amide bonds. The van der Waals surface area contributed by atoms with Gasteiger partial charge in [-0.05, 0) is 25.6 Å². The van der Waals surface area contributed by atoms with E-state index >= 15 is 0 Å². The van der Waals surface area contributed by atoms with Crippen LogP contribution in [0.2, 0.25) is 0 Å². The lowest BCUT2D eigenvalue weighted by molar-refractivity contribution is -0.128. The lowest BCUT2D eigenvalue weighted by Gasteiger charge is -2.32. The standard InChI is InChI=1S/C16H19N3O/c1-13-3-5-14(6-4-13)11-15(12-17)16(20)19-9-7-18(2)8-10-19/h3-6,11H,7-10H2,1-2H3/b15-11+. The third-order valence-corrected chi connectivity index (χ3v) is 3.53. The van der Waals surface area contributed by atoms with Crippen LogP contribution in [0.25, 0.3) is 6.08 Å². The Hall–Kier alpha value is -2.12. The van der Waals surface area contributed by atoms with Gasteiger partial charge in [0.1, 0.15) is 11.6 Å². The number of hydrogen-bond donors (Lipinski definition) is 0. The number of rotatable bonds is 2. The minimum atomic E-state index is -0.166. The molecule has 2 rings (SSSR count). The van der Waals surface area contributed by atoms with E-state index in [1.54, 1.807) is 11.0 Å². The summed E-state index contributed by atoms with van der Waals surface area (Å²) >= 11 is 0. The monoisotopic (exact) mass is 269 g/mol. The molecule has 0 radical (unpaired) electrons. The molecule has 1 saturated heterocycles. The van der Waals surface area contributed by atoms with Crippen molar-refractivity contribution in [3.8, 4) is 6.07 Å². The van der Waals surface area contributed by atoms with Crippen LogP contribution in [0.1, 0.15) is 11.1 Å². The summed E-state index contributed by atoms with van der Waals surface area (Å²) in [4.78, 5) is 16.3. The van der Waals surface area contributed by atoms with Crippen LogP contribution in [-0.4, -0.2) is 48.9 Å². The first-order valence-corrected chi connectivity index (χ1v) is 6.76. The zero-order valence-corrected chi connectivity index (χ0v) is 12.0. The maximum Gasteiger partial charge on any atom is 0.264 e. The summed E-state index contributed by atoms with van der Waals surface area (Å²) in [6.45, 7) is 5.09. The van der Waals surface area contributed by atoms with E-state index in [9.17, 15) is 10.1 Å². The largest absolute Gasteiger partial charge is 0.335 e. The Morgan fingerprint density at radius 3 is 2.35 bits per heavy atom. The molecule has 1 fully saturated rings. The lowest BCUT2D eigenvalue weighted by Crippen LogP contribution is -2.47. The molecule has 1 aliphatic rings. The van der Waals surface area contributed by atoms with Gasteiger partial charge in [0.25, 0.3) is 5.91 Å². The quantitative estimate of drug-likeness (QED) is 0.606. The van der Waals surface area contributed by atoms with Crippen LogP contribution >= 0.6 is 0 Å². The summed E-state index contributed by atoms with van der Waals surface area (Å²) < 4.78 is 0. The van der Waals surface area contributed by atoms with Gasteiger partial charge in [0.2, 0.25) is 0 Å². The Kier molecular flexibility index (Phi) is 4.54. The average molecular weight is 269 g/mol. The van der Waals surface area contributed by atoms with Crippen LogP contribution < -0.4 is 0 Å². The third kappa shape index (κ3) is 3.46. The number of piperazine rings is 1. The van der Waals surface area contributed by atoms with Crippen molar-refractivity contribution < 1.29 is 4.79 Å². The lowest BCUT2D eigenvalue weighted by atomic mass is 10.1. The second-order valence-electron chi connectivity index (χ2n) is 5.18. The highest BCUT2D eigenvalue weighted by atomic mass is 16.2. The molecule has 104 valence electrons. The first-order chi connectivity index (χ1) is 9.60. The van der Waals surface area contributed by atoms with Gasteiger partial charge in [0.05, 0.1) is 0 Å². The smallest absolute Gasteiger partial charge is 0.264 e. The number of hydrogen-bond acceptors (Lipinski definition) is 3. The normalized spacial score (nSPS) is 16.9. The average Bonchev–Trinajstić information content (AvgIpc) is 2.47. The van der Waals surface area contributed by atoms with E-state index in [4.69, 9.17) is 0 Å². The number of carbonyl (C=O) groups excluding carboxylic acids is 1. The SMILES string of the molecule is Cc1ccc(/C=C(\C#N)C(=O)N2CCN(C)CC2)cc1. The zero-order chi connectivity index (χ0) is 14.5. The van der Waals surface area contributed by atoms with Gasteiger partial charge in [0, 0.05) is 26.2 Å². The minimum absolute atomic E-state index is 0.166. The summed E-state index contributed by atoms with van der Waals surface area (Å²) in [6, 6.07) is 9.82. The maximum atomic E-state index is 12.3. The van der Waals surface area contributed by atoms with Crippen molar-refractivity contribution in [1.29, 1.82) is 5.26 Å². The number of carbonyl (C=O) groups is 1. The summed E-state index contributed by atoms with van der Waals surface area (Å²) in [5.74, 6) is -0.166. The second kappa shape index (κ2) is 6.36. The van der Waals surface area contributed by atoms with Crippen molar-refractivity contribution in [3.63, 3.8) is 0 Å². The van der Waals surface area contributed by atoms with Gasteiger partial charge in [0.15, 0.2) is 0 Å². The molecule has 0 spiro atoms. The van der Waals surface area contributed by atoms with Crippen LogP contribution in [0.5, 0.6) is 0 Å². The molecule has 4 heteroatoms. The Balaban J connectivity index is 2.13. The summed E-state index contributed by atoms with van der Waals surface area (Å²) in [5.41, 5.74) is 2.25. The van der Waals surface area contributed by atoms with E-state index in [1.165, 1.54) is 0 Å². The Labute approximate surface area is 119 Å². The van der Waals surface area contributed by atoms with Crippen LogP contribution in [0.4, 0.5) is 0 Å². The summed E-state index contributed by atoms with van der Waals surface area (Å²) in [5, 5.41) is 9.22. The van der Waals surface area contributed by atoms with Gasteiger partial charge < -0.3 is 9.80 Å². The van der Waals surface area contributed by atoms with E-state index < -0.39 is 0 Å². The van der Waals surface area contributed by atoms with Crippen LogP contribution in [0, 0.1) is 18.3 Å². The first kappa shape index (κ1) is 14.3. The zero-order valence-electron chi connectivity index (χ0n) is 12.0. The Morgan fingerprint density at radius 1 is 1.20 bits per heavy atom. The molecule has 1 aliphatic heterocycles. The van der Waals surface area contributed by atoms with Crippen molar-refractivity contribution in [2.45, 2.75) is 6.92 Å². The highest BCUT2D eigenvalue weighted by Crippen LogP contribution is 2.12. The van der Waals surface area contributed by atoms with Crippen molar-refractivity contribution in [3.05, 3.63) is 41.0 Å². The van der Waals surface area contributed by atoms with Crippen molar-refractivity contribution in [2.24, 2.45) is 0 Å². The minimum Gasteiger partial charge on any atom is -0.335 e. The van der Waals surface area contributed by atoms with Crippen LogP contribution in [-0.2, 0) is 4.79 Å². The van der Waals surface area contributed by atoms with Gasteiger partial charge in [-0.25, -0.2) is 0 Å². The first-order valence-electron chi connectivity index (χ1n) is 6.76. The highest BCUT2D eigenvalue weighted by Gasteiger charge is 2.21. The molecule has 0 aromatic heterocycles. The molecule has 1 heterocycles. The molecular weight excluding hydrogens is 250 g/mol. The van der Waals surface area contributed by atoms with Gasteiger partial charge in [-0.15, -0.1) is 0 Å².